The Balaban J connectivity index is 1.57. The minimum atomic E-state index is -0.474. The molecule has 9 heteroatoms. The molecule has 0 aliphatic heterocycles. The number of H-pyrrole nitrogens is 1. The number of esters is 1. The highest BCUT2D eigenvalue weighted by Gasteiger charge is 2.23. The summed E-state index contributed by atoms with van der Waals surface area (Å²) in [6.45, 7) is 2.01. The van der Waals surface area contributed by atoms with Crippen LogP contribution in [-0.4, -0.2) is 34.2 Å². The number of aromatic nitrogens is 2. The van der Waals surface area contributed by atoms with Crippen LogP contribution in [0.25, 0.3) is 0 Å². The topological polar surface area (TPSA) is 108 Å². The Hall–Kier alpha value is -2.31. The van der Waals surface area contributed by atoms with Crippen molar-refractivity contribution in [1.82, 2.24) is 9.97 Å². The van der Waals surface area contributed by atoms with Gasteiger partial charge in [0.25, 0.3) is 0 Å². The second kappa shape index (κ2) is 7.72. The third-order valence-electron chi connectivity index (χ3n) is 3.67. The lowest BCUT2D eigenvalue weighted by Gasteiger charge is -2.03. The largest absolute Gasteiger partial charge is 0.461 e. The van der Waals surface area contributed by atoms with E-state index in [1.807, 2.05) is 0 Å². The molecule has 0 fully saturated rings. The van der Waals surface area contributed by atoms with Crippen LogP contribution in [0.4, 0.5) is 5.00 Å². The molecule has 0 spiro atoms. The van der Waals surface area contributed by atoms with Gasteiger partial charge in [-0.3, -0.25) is 4.79 Å². The van der Waals surface area contributed by atoms with Crippen molar-refractivity contribution in [2.45, 2.75) is 31.3 Å². The number of rotatable bonds is 6. The summed E-state index contributed by atoms with van der Waals surface area (Å²) in [6.07, 6.45) is 4.34. The van der Waals surface area contributed by atoms with E-state index in [2.05, 4.69) is 21.4 Å². The maximum atomic E-state index is 12.2. The molecule has 0 atom stereocenters. The molecule has 0 bridgehead atoms. The number of hydrogen-bond donors (Lipinski definition) is 2. The Bertz CT molecular complexity index is 850. The number of carbonyl (C=O) groups excluding carboxylic acids is 2. The molecule has 2 heterocycles. The molecule has 2 N–H and O–H groups in total. The number of ether oxygens (including phenoxy) is 1. The summed E-state index contributed by atoms with van der Waals surface area (Å²) in [4.78, 5) is 31.8. The molecular formula is C16H16N4O3S2. The van der Waals surface area contributed by atoms with Gasteiger partial charge >= 0.3 is 5.97 Å². The zero-order valence-corrected chi connectivity index (χ0v) is 15.2. The second-order valence-electron chi connectivity index (χ2n) is 5.33. The van der Waals surface area contributed by atoms with Crippen LogP contribution < -0.4 is 5.32 Å². The maximum Gasteiger partial charge on any atom is 0.356 e. The predicted octanol–water partition coefficient (Wildman–Crippen LogP) is 2.74. The van der Waals surface area contributed by atoms with Gasteiger partial charge in [-0.15, -0.1) is 11.3 Å². The summed E-state index contributed by atoms with van der Waals surface area (Å²) < 4.78 is 4.87. The van der Waals surface area contributed by atoms with E-state index in [4.69, 9.17) is 4.74 Å². The fraction of sp³-hybridized carbons (Fsp3) is 0.375. The number of amides is 1. The van der Waals surface area contributed by atoms with Gasteiger partial charge in [0, 0.05) is 4.88 Å². The quantitative estimate of drug-likeness (QED) is 0.593. The molecule has 0 unspecified atom stereocenters. The minimum absolute atomic E-state index is 0.128. The van der Waals surface area contributed by atoms with Crippen LogP contribution in [0.5, 0.6) is 0 Å². The van der Waals surface area contributed by atoms with Crippen LogP contribution >= 0.6 is 23.1 Å². The van der Waals surface area contributed by atoms with E-state index in [0.29, 0.717) is 15.7 Å². The van der Waals surface area contributed by atoms with Gasteiger partial charge in [-0.05, 0) is 31.7 Å². The number of thioether (sulfide) groups is 1. The first-order chi connectivity index (χ1) is 12.1. The number of aromatic amines is 1. The highest BCUT2D eigenvalue weighted by Crippen LogP contribution is 2.38. The molecule has 0 radical (unpaired) electrons. The molecule has 25 heavy (non-hydrogen) atoms. The van der Waals surface area contributed by atoms with Gasteiger partial charge in [0.1, 0.15) is 16.8 Å². The fourth-order valence-corrected chi connectivity index (χ4v) is 4.50. The van der Waals surface area contributed by atoms with E-state index < -0.39 is 5.97 Å². The molecule has 1 aliphatic carbocycles. The van der Waals surface area contributed by atoms with E-state index in [1.54, 1.807) is 6.92 Å². The molecule has 130 valence electrons. The number of anilines is 1. The smallest absolute Gasteiger partial charge is 0.356 e. The first-order valence-corrected chi connectivity index (χ1v) is 9.62. The molecule has 2 aromatic heterocycles. The van der Waals surface area contributed by atoms with Gasteiger partial charge in [0.05, 0.1) is 24.1 Å². The average Bonchev–Trinajstić information content (AvgIpc) is 3.28. The lowest BCUT2D eigenvalue weighted by atomic mass is 10.1. The van der Waals surface area contributed by atoms with Gasteiger partial charge in [-0.2, -0.15) is 5.26 Å². The number of nitrogens with one attached hydrogen (secondary N) is 2. The van der Waals surface area contributed by atoms with Crippen molar-refractivity contribution in [3.05, 3.63) is 27.9 Å². The van der Waals surface area contributed by atoms with Crippen molar-refractivity contribution in [3.63, 3.8) is 0 Å². The summed E-state index contributed by atoms with van der Waals surface area (Å²) in [5.41, 5.74) is 1.94. The summed E-state index contributed by atoms with van der Waals surface area (Å²) in [6, 6.07) is 2.20. The lowest BCUT2D eigenvalue weighted by molar-refractivity contribution is -0.113. The van der Waals surface area contributed by atoms with Crippen molar-refractivity contribution < 1.29 is 14.3 Å². The third kappa shape index (κ3) is 3.86. The lowest BCUT2D eigenvalue weighted by Crippen LogP contribution is -2.14. The van der Waals surface area contributed by atoms with Crippen LogP contribution in [0.2, 0.25) is 0 Å². The van der Waals surface area contributed by atoms with Crippen LogP contribution in [0.3, 0.4) is 0 Å². The standard InChI is InChI=1S/C16H16N4O3S2/c1-2-23-15(22)11-7-18-16(19-11)24-8-13(21)20-14-10(6-17)9-4-3-5-12(9)25-14/h7H,2-5,8H2,1H3,(H,18,19)(H,20,21). The maximum absolute atomic E-state index is 12.2. The molecular weight excluding hydrogens is 360 g/mol. The summed E-state index contributed by atoms with van der Waals surface area (Å²) >= 11 is 2.67. The molecule has 1 amide bonds. The first-order valence-electron chi connectivity index (χ1n) is 7.81. The summed E-state index contributed by atoms with van der Waals surface area (Å²) in [7, 11) is 0. The van der Waals surface area contributed by atoms with Crippen molar-refractivity contribution in [2.24, 2.45) is 0 Å². The number of thiophene rings is 1. The normalized spacial score (nSPS) is 12.5. The van der Waals surface area contributed by atoms with Crippen LogP contribution in [0.1, 0.15) is 39.8 Å². The van der Waals surface area contributed by atoms with Crippen molar-refractivity contribution in [1.29, 1.82) is 5.26 Å². The van der Waals surface area contributed by atoms with E-state index in [-0.39, 0.29) is 24.0 Å². The van der Waals surface area contributed by atoms with E-state index in [0.717, 1.165) is 24.8 Å². The van der Waals surface area contributed by atoms with Crippen LogP contribution in [0, 0.1) is 11.3 Å². The molecule has 0 saturated carbocycles. The monoisotopic (exact) mass is 376 g/mol. The Labute approximate surface area is 152 Å². The van der Waals surface area contributed by atoms with Gasteiger partial charge in [-0.1, -0.05) is 11.8 Å². The van der Waals surface area contributed by atoms with E-state index >= 15 is 0 Å². The first kappa shape index (κ1) is 17.5. The Morgan fingerprint density at radius 2 is 2.36 bits per heavy atom. The highest BCUT2D eigenvalue weighted by atomic mass is 32.2. The van der Waals surface area contributed by atoms with Gasteiger partial charge < -0.3 is 15.0 Å². The summed E-state index contributed by atoms with van der Waals surface area (Å²) in [5, 5.41) is 13.2. The van der Waals surface area contributed by atoms with Gasteiger partial charge in [0.2, 0.25) is 5.91 Å². The van der Waals surface area contributed by atoms with Crippen molar-refractivity contribution in [2.75, 3.05) is 17.7 Å². The van der Waals surface area contributed by atoms with E-state index in [9.17, 15) is 14.9 Å². The van der Waals surface area contributed by atoms with E-state index in [1.165, 1.54) is 34.2 Å². The van der Waals surface area contributed by atoms with Crippen molar-refractivity contribution in [3.8, 4) is 6.07 Å². The number of hydrogen-bond acceptors (Lipinski definition) is 7. The number of imidazole rings is 1. The Morgan fingerprint density at radius 1 is 1.52 bits per heavy atom. The number of carbonyl (C=O) groups is 2. The van der Waals surface area contributed by atoms with Crippen molar-refractivity contribution >= 4 is 40.0 Å². The zero-order valence-electron chi connectivity index (χ0n) is 13.5. The average molecular weight is 376 g/mol. The second-order valence-corrected chi connectivity index (χ2v) is 7.40. The number of nitriles is 1. The fourth-order valence-electron chi connectivity index (χ4n) is 2.60. The number of aryl methyl sites for hydroxylation is 1. The molecule has 0 aromatic carbocycles. The number of fused-ring (bicyclic) bond motifs is 1. The Morgan fingerprint density at radius 3 is 3.12 bits per heavy atom. The Kier molecular flexibility index (Phi) is 5.40. The predicted molar refractivity (Wildman–Crippen MR) is 95.0 cm³/mol. The van der Waals surface area contributed by atoms with Gasteiger partial charge in [-0.25, -0.2) is 9.78 Å². The third-order valence-corrected chi connectivity index (χ3v) is 5.77. The van der Waals surface area contributed by atoms with Crippen LogP contribution in [0.15, 0.2) is 11.4 Å². The molecule has 1 aliphatic rings. The molecule has 2 aromatic rings. The summed E-state index contributed by atoms with van der Waals surface area (Å²) in [5.74, 6) is -0.558. The van der Waals surface area contributed by atoms with Gasteiger partial charge in [0.15, 0.2) is 5.16 Å². The molecule has 7 nitrogen and oxygen atoms in total. The molecule has 3 rings (SSSR count). The number of nitrogens with zero attached hydrogens (tertiary/aromatic N) is 2. The minimum Gasteiger partial charge on any atom is -0.461 e. The van der Waals surface area contributed by atoms with Crippen LogP contribution in [-0.2, 0) is 22.4 Å². The SMILES string of the molecule is CCOC(=O)c1cnc(SCC(=O)Nc2sc3c(c2C#N)CCC3)[nH]1. The zero-order chi connectivity index (χ0) is 17.8. The molecule has 0 saturated heterocycles. The highest BCUT2D eigenvalue weighted by molar-refractivity contribution is 7.99.